The molecule has 0 aliphatic heterocycles. The molecule has 2 atom stereocenters. The highest BCUT2D eigenvalue weighted by Gasteiger charge is 2.16. The van der Waals surface area contributed by atoms with E-state index in [0.717, 1.165) is 19.3 Å². The van der Waals surface area contributed by atoms with Crippen molar-refractivity contribution in [3.63, 3.8) is 0 Å². The molecule has 0 fully saturated rings. The summed E-state index contributed by atoms with van der Waals surface area (Å²) in [6.45, 7) is 8.22. The zero-order chi connectivity index (χ0) is 12.2. The Hall–Kier alpha value is -0.300. The Kier molecular flexibility index (Phi) is 11.0. The van der Waals surface area contributed by atoms with Crippen LogP contribution in [0.3, 0.4) is 0 Å². The molecule has 16 heavy (non-hydrogen) atoms. The van der Waals surface area contributed by atoms with Crippen LogP contribution in [0.2, 0.25) is 0 Å². The van der Waals surface area contributed by atoms with Gasteiger partial charge in [0.25, 0.3) is 0 Å². The fraction of sp³-hybridized carbons (Fsp3) is 0.867. The lowest BCUT2D eigenvalue weighted by Crippen LogP contribution is -2.20. The predicted molar refractivity (Wildman–Crippen MR) is 72.6 cm³/mol. The van der Waals surface area contributed by atoms with Gasteiger partial charge in [-0.25, -0.2) is 0 Å². The summed E-state index contributed by atoms with van der Waals surface area (Å²) < 4.78 is 0. The van der Waals surface area contributed by atoms with E-state index >= 15 is 0 Å². The van der Waals surface area contributed by atoms with E-state index in [2.05, 4.69) is 20.4 Å². The summed E-state index contributed by atoms with van der Waals surface area (Å²) in [6.07, 6.45) is 12.4. The van der Waals surface area contributed by atoms with Gasteiger partial charge in [-0.05, 0) is 25.2 Å². The van der Waals surface area contributed by atoms with Crippen LogP contribution >= 0.6 is 0 Å². The Morgan fingerprint density at radius 3 is 2.06 bits per heavy atom. The molecule has 0 aromatic heterocycles. The standard InChI is InChI=1S/C15H30O/c1-4-7-9-12-14(11-6-3)15(16)13-10-8-5-2/h6,14-16H,3-5,7-13H2,1-2H3/t14-,15-/m1/s1. The van der Waals surface area contributed by atoms with Crippen LogP contribution in [0.4, 0.5) is 0 Å². The van der Waals surface area contributed by atoms with E-state index in [4.69, 9.17) is 0 Å². The third-order valence-electron chi connectivity index (χ3n) is 3.30. The highest BCUT2D eigenvalue weighted by molar-refractivity contribution is 4.78. The second-order valence-electron chi connectivity index (χ2n) is 4.84. The second-order valence-corrected chi connectivity index (χ2v) is 4.84. The van der Waals surface area contributed by atoms with E-state index in [-0.39, 0.29) is 6.10 Å². The molecular weight excluding hydrogens is 196 g/mol. The monoisotopic (exact) mass is 226 g/mol. The van der Waals surface area contributed by atoms with Crippen LogP contribution in [0.25, 0.3) is 0 Å². The minimum Gasteiger partial charge on any atom is -0.393 e. The molecule has 0 aromatic carbocycles. The number of aliphatic hydroxyl groups is 1. The number of unbranched alkanes of at least 4 members (excludes halogenated alkanes) is 4. The summed E-state index contributed by atoms with van der Waals surface area (Å²) >= 11 is 0. The van der Waals surface area contributed by atoms with Gasteiger partial charge in [0, 0.05) is 0 Å². The van der Waals surface area contributed by atoms with Crippen molar-refractivity contribution in [3.05, 3.63) is 12.7 Å². The molecule has 0 bridgehead atoms. The molecule has 1 N–H and O–H groups in total. The van der Waals surface area contributed by atoms with Crippen molar-refractivity contribution in [3.8, 4) is 0 Å². The van der Waals surface area contributed by atoms with Crippen LogP contribution in [-0.4, -0.2) is 11.2 Å². The molecule has 0 aliphatic carbocycles. The molecule has 96 valence electrons. The Labute approximate surface area is 102 Å². The number of hydrogen-bond donors (Lipinski definition) is 1. The maximum absolute atomic E-state index is 10.1. The second kappa shape index (κ2) is 11.2. The van der Waals surface area contributed by atoms with Gasteiger partial charge in [-0.3, -0.25) is 0 Å². The van der Waals surface area contributed by atoms with Gasteiger partial charge in [-0.15, -0.1) is 6.58 Å². The van der Waals surface area contributed by atoms with Gasteiger partial charge in [0.2, 0.25) is 0 Å². The summed E-state index contributed by atoms with van der Waals surface area (Å²) in [7, 11) is 0. The van der Waals surface area contributed by atoms with Gasteiger partial charge in [0.05, 0.1) is 6.10 Å². The Balaban J connectivity index is 3.81. The molecule has 0 saturated carbocycles. The van der Waals surface area contributed by atoms with Crippen LogP contribution in [-0.2, 0) is 0 Å². The molecule has 0 spiro atoms. The van der Waals surface area contributed by atoms with Crippen molar-refractivity contribution in [2.24, 2.45) is 5.92 Å². The quantitative estimate of drug-likeness (QED) is 0.400. The van der Waals surface area contributed by atoms with E-state index in [1.165, 1.54) is 38.5 Å². The summed E-state index contributed by atoms with van der Waals surface area (Å²) in [4.78, 5) is 0. The average Bonchev–Trinajstić information content (AvgIpc) is 2.28. The number of aliphatic hydroxyl groups excluding tert-OH is 1. The molecule has 1 nitrogen and oxygen atoms in total. The van der Waals surface area contributed by atoms with Crippen molar-refractivity contribution in [1.82, 2.24) is 0 Å². The Bertz CT molecular complexity index is 154. The molecule has 0 heterocycles. The van der Waals surface area contributed by atoms with Crippen molar-refractivity contribution in [1.29, 1.82) is 0 Å². The van der Waals surface area contributed by atoms with Gasteiger partial charge < -0.3 is 5.11 Å². The maximum atomic E-state index is 10.1. The average molecular weight is 226 g/mol. The first kappa shape index (κ1) is 15.7. The third kappa shape index (κ3) is 7.92. The summed E-state index contributed by atoms with van der Waals surface area (Å²) in [6, 6.07) is 0. The van der Waals surface area contributed by atoms with Crippen LogP contribution in [0, 0.1) is 5.92 Å². The largest absolute Gasteiger partial charge is 0.393 e. The molecule has 1 heteroatoms. The topological polar surface area (TPSA) is 20.2 Å². The van der Waals surface area contributed by atoms with Gasteiger partial charge in [-0.1, -0.05) is 58.4 Å². The van der Waals surface area contributed by atoms with Crippen molar-refractivity contribution in [2.75, 3.05) is 0 Å². The number of rotatable bonds is 11. The van der Waals surface area contributed by atoms with E-state index in [1.54, 1.807) is 0 Å². The van der Waals surface area contributed by atoms with E-state index in [9.17, 15) is 5.11 Å². The molecule has 0 aliphatic rings. The summed E-state index contributed by atoms with van der Waals surface area (Å²) in [5.41, 5.74) is 0. The van der Waals surface area contributed by atoms with Crippen LogP contribution in [0.5, 0.6) is 0 Å². The normalized spacial score (nSPS) is 14.7. The van der Waals surface area contributed by atoms with E-state index < -0.39 is 0 Å². The van der Waals surface area contributed by atoms with Gasteiger partial charge >= 0.3 is 0 Å². The zero-order valence-electron chi connectivity index (χ0n) is 11.3. The van der Waals surface area contributed by atoms with Gasteiger partial charge in [0.15, 0.2) is 0 Å². The lowest BCUT2D eigenvalue weighted by molar-refractivity contribution is 0.0909. The molecule has 0 unspecified atom stereocenters. The zero-order valence-corrected chi connectivity index (χ0v) is 11.3. The first-order chi connectivity index (χ1) is 7.76. The fourth-order valence-corrected chi connectivity index (χ4v) is 2.18. The van der Waals surface area contributed by atoms with E-state index in [0.29, 0.717) is 5.92 Å². The molecule has 0 amide bonds. The summed E-state index contributed by atoms with van der Waals surface area (Å²) in [5, 5.41) is 10.1. The summed E-state index contributed by atoms with van der Waals surface area (Å²) in [5.74, 6) is 0.445. The highest BCUT2D eigenvalue weighted by atomic mass is 16.3. The predicted octanol–water partition coefficient (Wildman–Crippen LogP) is 4.70. The van der Waals surface area contributed by atoms with Gasteiger partial charge in [0.1, 0.15) is 0 Å². The SMILES string of the molecule is C=CC[C@H](CCCCC)[C@H](O)CCCCC. The lowest BCUT2D eigenvalue weighted by atomic mass is 9.89. The molecule has 0 rings (SSSR count). The maximum Gasteiger partial charge on any atom is 0.0571 e. The minimum atomic E-state index is -0.110. The smallest absolute Gasteiger partial charge is 0.0571 e. The minimum absolute atomic E-state index is 0.110. The van der Waals surface area contributed by atoms with Crippen molar-refractivity contribution in [2.45, 2.75) is 77.7 Å². The fourth-order valence-electron chi connectivity index (χ4n) is 2.18. The highest BCUT2D eigenvalue weighted by Crippen LogP contribution is 2.22. The molecule has 0 saturated heterocycles. The first-order valence-electron chi connectivity index (χ1n) is 7.05. The lowest BCUT2D eigenvalue weighted by Gasteiger charge is -2.21. The van der Waals surface area contributed by atoms with Crippen LogP contribution < -0.4 is 0 Å². The molecular formula is C15H30O. The molecule has 0 aromatic rings. The van der Waals surface area contributed by atoms with E-state index in [1.807, 2.05) is 6.08 Å². The molecule has 0 radical (unpaired) electrons. The van der Waals surface area contributed by atoms with Crippen LogP contribution in [0.15, 0.2) is 12.7 Å². The first-order valence-corrected chi connectivity index (χ1v) is 7.05. The van der Waals surface area contributed by atoms with Gasteiger partial charge in [-0.2, -0.15) is 0 Å². The third-order valence-corrected chi connectivity index (χ3v) is 3.30. The Morgan fingerprint density at radius 1 is 1.00 bits per heavy atom. The van der Waals surface area contributed by atoms with Crippen LogP contribution in [0.1, 0.15) is 71.6 Å². The van der Waals surface area contributed by atoms with Crippen molar-refractivity contribution >= 4 is 0 Å². The number of hydrogen-bond acceptors (Lipinski definition) is 1. The Morgan fingerprint density at radius 2 is 1.56 bits per heavy atom. The van der Waals surface area contributed by atoms with Crippen molar-refractivity contribution < 1.29 is 5.11 Å². The number of allylic oxidation sites excluding steroid dienone is 1.